The lowest BCUT2D eigenvalue weighted by Crippen LogP contribution is -2.32. The van der Waals surface area contributed by atoms with E-state index in [2.05, 4.69) is 10.5 Å². The molecule has 17 heavy (non-hydrogen) atoms. The van der Waals surface area contributed by atoms with Crippen LogP contribution in [-0.2, 0) is 0 Å². The number of carbonyl (C=O) groups is 1. The van der Waals surface area contributed by atoms with Crippen molar-refractivity contribution in [3.05, 3.63) is 17.5 Å². The number of likely N-dealkylation sites (N-methyl/N-ethyl adjacent to an activating group) is 2. The fourth-order valence-electron chi connectivity index (χ4n) is 1.23. The molecular formula is C11H20ClN3O2. The summed E-state index contributed by atoms with van der Waals surface area (Å²) in [5, 5.41) is 6.85. The number of halogens is 1. The van der Waals surface area contributed by atoms with Gasteiger partial charge in [0.25, 0.3) is 5.91 Å². The Morgan fingerprint density at radius 3 is 2.71 bits per heavy atom. The molecule has 1 rings (SSSR count). The number of rotatable bonds is 5. The van der Waals surface area contributed by atoms with Gasteiger partial charge in [-0.1, -0.05) is 19.0 Å². The van der Waals surface area contributed by atoms with Gasteiger partial charge in [-0.3, -0.25) is 4.79 Å². The highest BCUT2D eigenvalue weighted by atomic mass is 35.5. The zero-order chi connectivity index (χ0) is 12.1. The Labute approximate surface area is 108 Å². The second kappa shape index (κ2) is 7.29. The maximum Gasteiger partial charge on any atom is 0.292 e. The van der Waals surface area contributed by atoms with Gasteiger partial charge in [-0.15, -0.1) is 12.4 Å². The molecule has 0 fully saturated rings. The molecule has 0 aromatic carbocycles. The first kappa shape index (κ1) is 15.9. The molecule has 0 bridgehead atoms. The van der Waals surface area contributed by atoms with E-state index in [0.717, 1.165) is 12.2 Å². The standard InChI is InChI=1S/C11H19N3O2.ClH/c1-8(2)9-7-10(16-13-9)11(15)14(4)6-5-12-3;/h7-8,12H,5-6H2,1-4H3;1H. The molecule has 1 N–H and O–H groups in total. The lowest BCUT2D eigenvalue weighted by Gasteiger charge is -2.14. The van der Waals surface area contributed by atoms with Crippen molar-refractivity contribution in [1.82, 2.24) is 15.4 Å². The fraction of sp³-hybridized carbons (Fsp3) is 0.636. The second-order valence-electron chi connectivity index (χ2n) is 4.10. The summed E-state index contributed by atoms with van der Waals surface area (Å²) in [6, 6.07) is 1.71. The number of nitrogens with one attached hydrogen (secondary N) is 1. The van der Waals surface area contributed by atoms with Crippen LogP contribution < -0.4 is 5.32 Å². The summed E-state index contributed by atoms with van der Waals surface area (Å²) in [5.74, 6) is 0.449. The van der Waals surface area contributed by atoms with E-state index in [9.17, 15) is 4.79 Å². The average molecular weight is 262 g/mol. The molecule has 0 aliphatic carbocycles. The minimum absolute atomic E-state index is 0. The van der Waals surface area contributed by atoms with Gasteiger partial charge in [-0.2, -0.15) is 0 Å². The van der Waals surface area contributed by atoms with E-state index in [0.29, 0.717) is 12.3 Å². The van der Waals surface area contributed by atoms with Crippen LogP contribution >= 0.6 is 12.4 Å². The van der Waals surface area contributed by atoms with Crippen LogP contribution in [0.4, 0.5) is 0 Å². The third kappa shape index (κ3) is 4.36. The van der Waals surface area contributed by atoms with E-state index in [1.165, 1.54) is 0 Å². The summed E-state index contributed by atoms with van der Waals surface area (Å²) in [6.45, 7) is 5.42. The van der Waals surface area contributed by atoms with Crippen molar-refractivity contribution in [2.45, 2.75) is 19.8 Å². The van der Waals surface area contributed by atoms with Crippen LogP contribution in [0.5, 0.6) is 0 Å². The van der Waals surface area contributed by atoms with E-state index in [-0.39, 0.29) is 24.2 Å². The van der Waals surface area contributed by atoms with Crippen LogP contribution in [0.2, 0.25) is 0 Å². The molecule has 0 saturated carbocycles. The van der Waals surface area contributed by atoms with Crippen LogP contribution in [0.25, 0.3) is 0 Å². The second-order valence-corrected chi connectivity index (χ2v) is 4.10. The number of nitrogens with zero attached hydrogens (tertiary/aromatic N) is 2. The molecule has 98 valence electrons. The lowest BCUT2D eigenvalue weighted by atomic mass is 10.1. The van der Waals surface area contributed by atoms with Crippen molar-refractivity contribution >= 4 is 18.3 Å². The summed E-state index contributed by atoms with van der Waals surface area (Å²) >= 11 is 0. The van der Waals surface area contributed by atoms with Crippen LogP contribution in [0.15, 0.2) is 10.6 Å². The average Bonchev–Trinajstić information content (AvgIpc) is 2.74. The minimum Gasteiger partial charge on any atom is -0.351 e. The molecule has 0 aliphatic heterocycles. The van der Waals surface area contributed by atoms with Gasteiger partial charge in [0, 0.05) is 26.2 Å². The maximum absolute atomic E-state index is 11.9. The van der Waals surface area contributed by atoms with Crippen LogP contribution in [0.3, 0.4) is 0 Å². The molecule has 0 atom stereocenters. The Balaban J connectivity index is 0.00000256. The largest absolute Gasteiger partial charge is 0.351 e. The molecular weight excluding hydrogens is 242 g/mol. The quantitative estimate of drug-likeness (QED) is 0.873. The molecule has 0 radical (unpaired) electrons. The topological polar surface area (TPSA) is 58.4 Å². The van der Waals surface area contributed by atoms with Crippen molar-refractivity contribution in [1.29, 1.82) is 0 Å². The molecule has 1 heterocycles. The molecule has 0 aliphatic rings. The Bertz CT molecular complexity index is 352. The van der Waals surface area contributed by atoms with Crippen molar-refractivity contribution < 1.29 is 9.32 Å². The highest BCUT2D eigenvalue weighted by molar-refractivity contribution is 5.91. The van der Waals surface area contributed by atoms with Gasteiger partial charge in [0.05, 0.1) is 5.69 Å². The number of amides is 1. The molecule has 0 spiro atoms. The normalized spacial score (nSPS) is 10.2. The zero-order valence-corrected chi connectivity index (χ0v) is 11.5. The number of aromatic nitrogens is 1. The Morgan fingerprint density at radius 2 is 2.24 bits per heavy atom. The van der Waals surface area contributed by atoms with Crippen LogP contribution in [0, 0.1) is 0 Å². The smallest absolute Gasteiger partial charge is 0.292 e. The predicted molar refractivity (Wildman–Crippen MR) is 68.7 cm³/mol. The van der Waals surface area contributed by atoms with E-state index in [1.54, 1.807) is 18.0 Å². The van der Waals surface area contributed by atoms with E-state index < -0.39 is 0 Å². The number of hydrogen-bond acceptors (Lipinski definition) is 4. The number of carbonyl (C=O) groups excluding carboxylic acids is 1. The van der Waals surface area contributed by atoms with Crippen molar-refractivity contribution in [2.24, 2.45) is 0 Å². The lowest BCUT2D eigenvalue weighted by molar-refractivity contribution is 0.0755. The zero-order valence-electron chi connectivity index (χ0n) is 10.7. The van der Waals surface area contributed by atoms with Crippen molar-refractivity contribution in [3.8, 4) is 0 Å². The molecule has 6 heteroatoms. The Morgan fingerprint density at radius 1 is 1.59 bits per heavy atom. The molecule has 0 saturated heterocycles. The summed E-state index contributed by atoms with van der Waals surface area (Å²) in [4.78, 5) is 13.5. The highest BCUT2D eigenvalue weighted by Crippen LogP contribution is 2.14. The van der Waals surface area contributed by atoms with E-state index >= 15 is 0 Å². The monoisotopic (exact) mass is 261 g/mol. The first-order valence-electron chi connectivity index (χ1n) is 5.43. The third-order valence-corrected chi connectivity index (χ3v) is 2.37. The van der Waals surface area contributed by atoms with Crippen molar-refractivity contribution in [2.75, 3.05) is 27.2 Å². The van der Waals surface area contributed by atoms with E-state index in [4.69, 9.17) is 4.52 Å². The molecule has 5 nitrogen and oxygen atoms in total. The van der Waals surface area contributed by atoms with Crippen molar-refractivity contribution in [3.63, 3.8) is 0 Å². The summed E-state index contributed by atoms with van der Waals surface area (Å²) in [7, 11) is 3.60. The fourth-order valence-corrected chi connectivity index (χ4v) is 1.23. The first-order valence-corrected chi connectivity index (χ1v) is 5.43. The molecule has 1 amide bonds. The van der Waals surface area contributed by atoms with Gasteiger partial charge in [-0.05, 0) is 13.0 Å². The molecule has 1 aromatic rings. The van der Waals surface area contributed by atoms with Gasteiger partial charge in [0.15, 0.2) is 0 Å². The van der Waals surface area contributed by atoms with E-state index in [1.807, 2.05) is 20.9 Å². The molecule has 1 aromatic heterocycles. The molecule has 0 unspecified atom stereocenters. The van der Waals surface area contributed by atoms with Crippen LogP contribution in [-0.4, -0.2) is 43.1 Å². The van der Waals surface area contributed by atoms with Gasteiger partial charge in [-0.25, -0.2) is 0 Å². The van der Waals surface area contributed by atoms with Crippen LogP contribution in [0.1, 0.15) is 36.0 Å². The summed E-state index contributed by atoms with van der Waals surface area (Å²) < 4.78 is 5.03. The predicted octanol–water partition coefficient (Wildman–Crippen LogP) is 1.51. The Kier molecular flexibility index (Phi) is 6.83. The minimum atomic E-state index is -0.130. The van der Waals surface area contributed by atoms with Gasteiger partial charge in [0.1, 0.15) is 0 Å². The van der Waals surface area contributed by atoms with Gasteiger partial charge < -0.3 is 14.7 Å². The first-order chi connectivity index (χ1) is 7.56. The van der Waals surface area contributed by atoms with Gasteiger partial charge in [0.2, 0.25) is 5.76 Å². The van der Waals surface area contributed by atoms with Gasteiger partial charge >= 0.3 is 0 Å². The Hall–Kier alpha value is -1.07. The maximum atomic E-state index is 11.9. The summed E-state index contributed by atoms with van der Waals surface area (Å²) in [6.07, 6.45) is 0. The number of hydrogen-bond donors (Lipinski definition) is 1. The highest BCUT2D eigenvalue weighted by Gasteiger charge is 2.17. The third-order valence-electron chi connectivity index (χ3n) is 2.37. The summed E-state index contributed by atoms with van der Waals surface area (Å²) in [5.41, 5.74) is 0.811. The SMILES string of the molecule is CNCCN(C)C(=O)c1cc(C(C)C)no1.Cl.